The van der Waals surface area contributed by atoms with Crippen molar-refractivity contribution in [2.45, 2.75) is 39.7 Å². The Bertz CT molecular complexity index is 405. The highest BCUT2D eigenvalue weighted by Gasteiger charge is 2.15. The molecule has 4 heteroatoms. The number of benzene rings is 1. The summed E-state index contributed by atoms with van der Waals surface area (Å²) in [5.41, 5.74) is 0. The summed E-state index contributed by atoms with van der Waals surface area (Å²) in [5, 5.41) is 2.86. The Kier molecular flexibility index (Phi) is 6.33. The average molecular weight is 267 g/mol. The van der Waals surface area contributed by atoms with Crippen LogP contribution in [0.4, 0.5) is 4.39 Å². The molecule has 1 amide bonds. The molecule has 0 heterocycles. The number of rotatable bonds is 7. The van der Waals surface area contributed by atoms with E-state index in [2.05, 4.69) is 19.2 Å². The lowest BCUT2D eigenvalue weighted by Crippen LogP contribution is -2.38. The van der Waals surface area contributed by atoms with Gasteiger partial charge in [-0.05, 0) is 25.0 Å². The zero-order valence-electron chi connectivity index (χ0n) is 11.8. The molecule has 0 bridgehead atoms. The van der Waals surface area contributed by atoms with E-state index in [1.807, 2.05) is 0 Å². The summed E-state index contributed by atoms with van der Waals surface area (Å²) >= 11 is 0. The van der Waals surface area contributed by atoms with Crippen molar-refractivity contribution >= 4 is 5.91 Å². The second-order valence-corrected chi connectivity index (χ2v) is 4.65. The molecule has 0 saturated heterocycles. The third-order valence-electron chi connectivity index (χ3n) is 3.20. The number of nitrogens with one attached hydrogen (secondary N) is 1. The van der Waals surface area contributed by atoms with Gasteiger partial charge in [0.2, 0.25) is 0 Å². The number of amides is 1. The van der Waals surface area contributed by atoms with Crippen molar-refractivity contribution in [2.75, 3.05) is 6.54 Å². The highest BCUT2D eigenvalue weighted by molar-refractivity contribution is 5.80. The number of carbonyl (C=O) groups is 1. The summed E-state index contributed by atoms with van der Waals surface area (Å²) in [4.78, 5) is 11.8. The van der Waals surface area contributed by atoms with Gasteiger partial charge in [-0.1, -0.05) is 32.8 Å². The zero-order valence-corrected chi connectivity index (χ0v) is 11.8. The van der Waals surface area contributed by atoms with Crippen molar-refractivity contribution in [3.63, 3.8) is 0 Å². The van der Waals surface area contributed by atoms with E-state index in [0.29, 0.717) is 18.2 Å². The van der Waals surface area contributed by atoms with E-state index < -0.39 is 6.10 Å². The van der Waals surface area contributed by atoms with E-state index in [-0.39, 0.29) is 11.7 Å². The second-order valence-electron chi connectivity index (χ2n) is 4.65. The lowest BCUT2D eigenvalue weighted by Gasteiger charge is -2.17. The van der Waals surface area contributed by atoms with Gasteiger partial charge < -0.3 is 10.1 Å². The van der Waals surface area contributed by atoms with Gasteiger partial charge in [-0.2, -0.15) is 0 Å². The molecule has 0 aliphatic rings. The maximum atomic E-state index is 13.0. The fraction of sp³-hybridized carbons (Fsp3) is 0.533. The molecule has 0 saturated carbocycles. The van der Waals surface area contributed by atoms with E-state index in [9.17, 15) is 9.18 Å². The van der Waals surface area contributed by atoms with Gasteiger partial charge >= 0.3 is 0 Å². The van der Waals surface area contributed by atoms with Crippen molar-refractivity contribution < 1.29 is 13.9 Å². The predicted octanol–water partition coefficient (Wildman–Crippen LogP) is 3.15. The molecule has 0 spiro atoms. The molecular formula is C15H22FNO2. The Balaban J connectivity index is 2.44. The Morgan fingerprint density at radius 1 is 1.37 bits per heavy atom. The first-order valence-electron chi connectivity index (χ1n) is 6.76. The highest BCUT2D eigenvalue weighted by Crippen LogP contribution is 2.14. The number of hydrogen-bond donors (Lipinski definition) is 1. The predicted molar refractivity (Wildman–Crippen MR) is 73.6 cm³/mol. The summed E-state index contributed by atoms with van der Waals surface area (Å²) in [7, 11) is 0. The van der Waals surface area contributed by atoms with Gasteiger partial charge in [-0.25, -0.2) is 4.39 Å². The topological polar surface area (TPSA) is 38.3 Å². The fourth-order valence-corrected chi connectivity index (χ4v) is 1.76. The number of ether oxygens (including phenoxy) is 1. The molecule has 1 aromatic carbocycles. The largest absolute Gasteiger partial charge is 0.481 e. The normalized spacial score (nSPS) is 12.3. The first kappa shape index (κ1) is 15.5. The molecule has 1 N–H and O–H groups in total. The molecule has 1 rings (SSSR count). The van der Waals surface area contributed by atoms with Crippen LogP contribution in [0.3, 0.4) is 0 Å². The molecule has 0 fully saturated rings. The van der Waals surface area contributed by atoms with Crippen molar-refractivity contribution in [3.05, 3.63) is 30.1 Å². The Morgan fingerprint density at radius 3 is 2.63 bits per heavy atom. The summed E-state index contributed by atoms with van der Waals surface area (Å²) in [6, 6.07) is 5.79. The molecule has 1 atom stereocenters. The van der Waals surface area contributed by atoms with Crippen LogP contribution in [-0.4, -0.2) is 18.6 Å². The van der Waals surface area contributed by atoms with E-state index in [1.165, 1.54) is 12.1 Å². The SMILES string of the molecule is CCC(CC)CNC(=O)C(C)Oc1cccc(F)c1. The molecule has 0 aromatic heterocycles. The molecule has 1 unspecified atom stereocenters. The highest BCUT2D eigenvalue weighted by atomic mass is 19.1. The number of hydrogen-bond acceptors (Lipinski definition) is 2. The molecular weight excluding hydrogens is 245 g/mol. The van der Waals surface area contributed by atoms with E-state index in [0.717, 1.165) is 12.8 Å². The van der Waals surface area contributed by atoms with Gasteiger partial charge in [-0.3, -0.25) is 4.79 Å². The molecule has 0 aliphatic heterocycles. The minimum Gasteiger partial charge on any atom is -0.481 e. The van der Waals surface area contributed by atoms with Crippen LogP contribution in [-0.2, 0) is 4.79 Å². The fourth-order valence-electron chi connectivity index (χ4n) is 1.76. The molecule has 1 aromatic rings. The third-order valence-corrected chi connectivity index (χ3v) is 3.20. The van der Waals surface area contributed by atoms with Gasteiger partial charge in [0, 0.05) is 12.6 Å². The van der Waals surface area contributed by atoms with Crippen LogP contribution in [0.25, 0.3) is 0 Å². The zero-order chi connectivity index (χ0) is 14.3. The van der Waals surface area contributed by atoms with Crippen LogP contribution in [0.2, 0.25) is 0 Å². The standard InChI is InChI=1S/C15H22FNO2/c1-4-12(5-2)10-17-15(18)11(3)19-14-8-6-7-13(16)9-14/h6-9,11-12H,4-5,10H2,1-3H3,(H,17,18). The maximum Gasteiger partial charge on any atom is 0.260 e. The van der Waals surface area contributed by atoms with E-state index in [1.54, 1.807) is 19.1 Å². The molecule has 3 nitrogen and oxygen atoms in total. The van der Waals surface area contributed by atoms with Crippen LogP contribution in [0.1, 0.15) is 33.6 Å². The van der Waals surface area contributed by atoms with Crippen LogP contribution >= 0.6 is 0 Å². The first-order valence-corrected chi connectivity index (χ1v) is 6.76. The Labute approximate surface area is 114 Å². The molecule has 0 aliphatic carbocycles. The van der Waals surface area contributed by atoms with Crippen LogP contribution in [0, 0.1) is 11.7 Å². The minimum atomic E-state index is -0.629. The van der Waals surface area contributed by atoms with Crippen molar-refractivity contribution in [3.8, 4) is 5.75 Å². The van der Waals surface area contributed by atoms with Crippen LogP contribution in [0.5, 0.6) is 5.75 Å². The maximum absolute atomic E-state index is 13.0. The van der Waals surface area contributed by atoms with Gasteiger partial charge in [0.25, 0.3) is 5.91 Å². The van der Waals surface area contributed by atoms with Crippen molar-refractivity contribution in [1.82, 2.24) is 5.32 Å². The van der Waals surface area contributed by atoms with E-state index >= 15 is 0 Å². The van der Waals surface area contributed by atoms with Crippen LogP contribution in [0.15, 0.2) is 24.3 Å². The Morgan fingerprint density at radius 2 is 2.05 bits per heavy atom. The summed E-state index contributed by atoms with van der Waals surface area (Å²) in [6.07, 6.45) is 1.45. The first-order chi connectivity index (χ1) is 9.06. The number of carbonyl (C=O) groups excluding carboxylic acids is 1. The lowest BCUT2D eigenvalue weighted by molar-refractivity contribution is -0.127. The van der Waals surface area contributed by atoms with Crippen LogP contribution < -0.4 is 10.1 Å². The lowest BCUT2D eigenvalue weighted by atomic mass is 10.0. The molecule has 0 radical (unpaired) electrons. The van der Waals surface area contributed by atoms with Gasteiger partial charge in [0.05, 0.1) is 0 Å². The second kappa shape index (κ2) is 7.77. The van der Waals surface area contributed by atoms with Crippen molar-refractivity contribution in [1.29, 1.82) is 0 Å². The van der Waals surface area contributed by atoms with Crippen molar-refractivity contribution in [2.24, 2.45) is 5.92 Å². The smallest absolute Gasteiger partial charge is 0.260 e. The Hall–Kier alpha value is -1.58. The quantitative estimate of drug-likeness (QED) is 0.824. The van der Waals surface area contributed by atoms with Gasteiger partial charge in [0.1, 0.15) is 11.6 Å². The van der Waals surface area contributed by atoms with Gasteiger partial charge in [-0.15, -0.1) is 0 Å². The monoisotopic (exact) mass is 267 g/mol. The summed E-state index contributed by atoms with van der Waals surface area (Å²) in [5.74, 6) is 0.314. The average Bonchev–Trinajstić information content (AvgIpc) is 2.39. The van der Waals surface area contributed by atoms with E-state index in [4.69, 9.17) is 4.74 Å². The molecule has 106 valence electrons. The number of halogens is 1. The summed E-state index contributed by atoms with van der Waals surface area (Å²) < 4.78 is 18.4. The van der Waals surface area contributed by atoms with Gasteiger partial charge in [0.15, 0.2) is 6.10 Å². The minimum absolute atomic E-state index is 0.170. The summed E-state index contributed by atoms with van der Waals surface area (Å²) in [6.45, 7) is 6.52. The third kappa shape index (κ3) is 5.28. The molecule has 19 heavy (non-hydrogen) atoms.